The van der Waals surface area contributed by atoms with E-state index in [4.69, 9.17) is 0 Å². The molecule has 4 rings (SSSR count). The highest BCUT2D eigenvalue weighted by atomic mass is 79.9. The van der Waals surface area contributed by atoms with Crippen molar-refractivity contribution in [2.24, 2.45) is 5.41 Å². The van der Waals surface area contributed by atoms with Gasteiger partial charge in [-0.1, -0.05) is 109 Å². The van der Waals surface area contributed by atoms with E-state index in [0.717, 1.165) is 26.7 Å². The molecule has 0 unspecified atom stereocenters. The van der Waals surface area contributed by atoms with Crippen LogP contribution in [0.4, 0.5) is 0 Å². The van der Waals surface area contributed by atoms with Crippen LogP contribution in [0, 0.1) is 5.41 Å². The fourth-order valence-corrected chi connectivity index (χ4v) is 5.81. The lowest BCUT2D eigenvalue weighted by molar-refractivity contribution is -0.143. The lowest BCUT2D eigenvalue weighted by Crippen LogP contribution is -2.58. The summed E-state index contributed by atoms with van der Waals surface area (Å²) in [5.41, 5.74) is 3.51. The number of benzene rings is 3. The van der Waals surface area contributed by atoms with E-state index < -0.39 is 35.4 Å². The van der Waals surface area contributed by atoms with Crippen LogP contribution in [0.25, 0.3) is 11.1 Å². The Morgan fingerprint density at radius 3 is 2.15 bits per heavy atom. The summed E-state index contributed by atoms with van der Waals surface area (Å²) in [5.74, 6) is -1.42. The van der Waals surface area contributed by atoms with Crippen molar-refractivity contribution in [1.29, 1.82) is 0 Å². The monoisotopic (exact) mass is 701 g/mol. The molecule has 10 heteroatoms. The molecule has 0 saturated carbocycles. The average Bonchev–Trinajstić information content (AvgIpc) is 3.06. The van der Waals surface area contributed by atoms with Crippen LogP contribution in [0.5, 0.6) is 0 Å². The van der Waals surface area contributed by atoms with Gasteiger partial charge in [-0.2, -0.15) is 0 Å². The van der Waals surface area contributed by atoms with Gasteiger partial charge in [0.1, 0.15) is 12.1 Å². The molecule has 0 saturated heterocycles. The van der Waals surface area contributed by atoms with Crippen molar-refractivity contribution in [2.45, 2.75) is 58.7 Å². The molecule has 9 nitrogen and oxygen atoms in total. The summed E-state index contributed by atoms with van der Waals surface area (Å²) >= 11 is 3.58. The molecule has 0 fully saturated rings. The third-order valence-corrected chi connectivity index (χ3v) is 9.10. The number of amides is 4. The Balaban J connectivity index is 1.52. The minimum Gasteiger partial charge on any atom is -0.345 e. The van der Waals surface area contributed by atoms with Crippen molar-refractivity contribution in [3.8, 4) is 11.1 Å². The molecular weight excluding hydrogens is 658 g/mol. The zero-order valence-electron chi connectivity index (χ0n) is 27.6. The Kier molecular flexibility index (Phi) is 12.1. The first-order chi connectivity index (χ1) is 22.4. The fourth-order valence-electron chi connectivity index (χ4n) is 5.33. The van der Waals surface area contributed by atoms with Gasteiger partial charge < -0.3 is 25.8 Å². The highest BCUT2D eigenvalue weighted by molar-refractivity contribution is 9.10. The Bertz CT molecular complexity index is 1590. The van der Waals surface area contributed by atoms with Crippen molar-refractivity contribution in [3.63, 3.8) is 0 Å². The molecule has 1 heterocycles. The molecule has 4 amide bonds. The normalized spacial score (nSPS) is 16.0. The van der Waals surface area contributed by atoms with E-state index in [-0.39, 0.29) is 18.4 Å². The van der Waals surface area contributed by atoms with E-state index in [1.54, 1.807) is 31.3 Å². The van der Waals surface area contributed by atoms with Gasteiger partial charge in [-0.25, -0.2) is 0 Å². The van der Waals surface area contributed by atoms with E-state index in [1.165, 1.54) is 4.90 Å². The molecular formula is C37H44BrN5O4. The molecule has 1 aliphatic rings. The Hall–Kier alpha value is -4.28. The van der Waals surface area contributed by atoms with E-state index in [1.807, 2.05) is 99.6 Å². The lowest BCUT2D eigenvalue weighted by Gasteiger charge is -2.36. The standard InChI is InChI=1S/C37H44BrN5O4/c1-25(39-5)34(45)41-33(37(2,3)4)35(46)40-24-32(44)43-22-21-42(20-19-29-13-9-10-14-30(29)38)36(47)31(43)23-26-15-17-28(18-16-26)27-11-7-6-8-12-27/h6-18,21-22,25,31,33,39H,19-20,23-24H2,1-5H3,(H,40,46)(H,41,45)/t25-,31-,33+/m0/s1. The zero-order chi connectivity index (χ0) is 34.1. The van der Waals surface area contributed by atoms with Crippen LogP contribution in [0.2, 0.25) is 0 Å². The molecule has 3 atom stereocenters. The van der Waals surface area contributed by atoms with Crippen LogP contribution in [0.3, 0.4) is 0 Å². The van der Waals surface area contributed by atoms with Crippen molar-refractivity contribution in [1.82, 2.24) is 25.8 Å². The van der Waals surface area contributed by atoms with Gasteiger partial charge >= 0.3 is 0 Å². The molecule has 0 radical (unpaired) electrons. The predicted octanol–water partition coefficient (Wildman–Crippen LogP) is 4.67. The summed E-state index contributed by atoms with van der Waals surface area (Å²) in [6, 6.07) is 23.7. The van der Waals surface area contributed by atoms with Crippen LogP contribution in [0.15, 0.2) is 95.7 Å². The summed E-state index contributed by atoms with van der Waals surface area (Å²) < 4.78 is 0.973. The van der Waals surface area contributed by atoms with E-state index in [2.05, 4.69) is 31.9 Å². The van der Waals surface area contributed by atoms with Crippen LogP contribution >= 0.6 is 15.9 Å². The summed E-state index contributed by atoms with van der Waals surface area (Å²) in [6.07, 6.45) is 4.18. The first-order valence-electron chi connectivity index (χ1n) is 15.8. The van der Waals surface area contributed by atoms with Gasteiger partial charge in [-0.05, 0) is 54.1 Å². The van der Waals surface area contributed by atoms with Crippen molar-refractivity contribution in [3.05, 3.63) is 107 Å². The molecule has 1 aliphatic heterocycles. The fraction of sp³-hybridized carbons (Fsp3) is 0.351. The number of halogens is 1. The second kappa shape index (κ2) is 16.0. The molecule has 0 bridgehead atoms. The molecule has 47 heavy (non-hydrogen) atoms. The molecule has 0 aromatic heterocycles. The number of carbonyl (C=O) groups is 4. The SMILES string of the molecule is CN[C@@H](C)C(=O)N[C@H](C(=O)NCC(=O)N1C=CN(CCc2ccccc2Br)C(=O)[C@@H]1Cc1ccc(-c2ccccc2)cc1)C(C)(C)C. The summed E-state index contributed by atoms with van der Waals surface area (Å²) in [6.45, 7) is 7.35. The molecule has 3 aromatic carbocycles. The maximum absolute atomic E-state index is 14.0. The van der Waals surface area contributed by atoms with Crippen LogP contribution < -0.4 is 16.0 Å². The van der Waals surface area contributed by atoms with Crippen molar-refractivity contribution < 1.29 is 19.2 Å². The Morgan fingerprint density at radius 1 is 0.872 bits per heavy atom. The molecule has 248 valence electrons. The Morgan fingerprint density at radius 2 is 1.51 bits per heavy atom. The molecule has 0 aliphatic carbocycles. The smallest absolute Gasteiger partial charge is 0.250 e. The van der Waals surface area contributed by atoms with E-state index in [0.29, 0.717) is 19.4 Å². The maximum atomic E-state index is 14.0. The van der Waals surface area contributed by atoms with Crippen molar-refractivity contribution in [2.75, 3.05) is 20.1 Å². The van der Waals surface area contributed by atoms with Gasteiger partial charge in [0, 0.05) is 29.8 Å². The minimum absolute atomic E-state index is 0.202. The highest BCUT2D eigenvalue weighted by Gasteiger charge is 2.37. The van der Waals surface area contributed by atoms with E-state index in [9.17, 15) is 19.2 Å². The second-order valence-electron chi connectivity index (χ2n) is 12.8. The number of nitrogens with one attached hydrogen (secondary N) is 3. The first kappa shape index (κ1) is 35.6. The predicted molar refractivity (Wildman–Crippen MR) is 188 cm³/mol. The minimum atomic E-state index is -0.871. The number of carbonyl (C=O) groups excluding carboxylic acids is 4. The Labute approximate surface area is 285 Å². The van der Waals surface area contributed by atoms with Crippen LogP contribution in [0.1, 0.15) is 38.8 Å². The second-order valence-corrected chi connectivity index (χ2v) is 13.6. The number of nitrogens with zero attached hydrogens (tertiary/aromatic N) is 2. The van der Waals surface area contributed by atoms with E-state index >= 15 is 0 Å². The number of hydrogen-bond acceptors (Lipinski definition) is 5. The molecule has 0 spiro atoms. The summed E-state index contributed by atoms with van der Waals surface area (Å²) in [4.78, 5) is 56.6. The number of rotatable bonds is 12. The van der Waals surface area contributed by atoms with Gasteiger partial charge in [0.15, 0.2) is 0 Å². The van der Waals surface area contributed by atoms with Gasteiger partial charge in [-0.15, -0.1) is 0 Å². The molecule has 3 aromatic rings. The summed E-state index contributed by atoms with van der Waals surface area (Å²) in [5, 5.41) is 8.37. The van der Waals surface area contributed by atoms with Gasteiger partial charge in [0.2, 0.25) is 23.6 Å². The maximum Gasteiger partial charge on any atom is 0.250 e. The highest BCUT2D eigenvalue weighted by Crippen LogP contribution is 2.24. The third-order valence-electron chi connectivity index (χ3n) is 8.32. The topological polar surface area (TPSA) is 111 Å². The van der Waals surface area contributed by atoms with Crippen LogP contribution in [-0.2, 0) is 32.0 Å². The summed E-state index contributed by atoms with van der Waals surface area (Å²) in [7, 11) is 1.66. The van der Waals surface area contributed by atoms with Crippen molar-refractivity contribution >= 4 is 39.6 Å². The van der Waals surface area contributed by atoms with Gasteiger partial charge in [0.05, 0.1) is 12.6 Å². The third kappa shape index (κ3) is 9.39. The number of likely N-dealkylation sites (N-methyl/N-ethyl adjacent to an activating group) is 1. The lowest BCUT2D eigenvalue weighted by atomic mass is 9.86. The number of hydrogen-bond donors (Lipinski definition) is 3. The van der Waals surface area contributed by atoms with Gasteiger partial charge in [-0.3, -0.25) is 19.2 Å². The first-order valence-corrected chi connectivity index (χ1v) is 16.6. The molecule has 3 N–H and O–H groups in total. The van der Waals surface area contributed by atoms with Crippen LogP contribution in [-0.4, -0.2) is 71.7 Å². The zero-order valence-corrected chi connectivity index (χ0v) is 29.2. The largest absolute Gasteiger partial charge is 0.345 e. The quantitative estimate of drug-likeness (QED) is 0.254. The van der Waals surface area contributed by atoms with Gasteiger partial charge in [0.25, 0.3) is 0 Å². The average molecular weight is 703 g/mol.